The Bertz CT molecular complexity index is 1390. The minimum atomic E-state index is -3.79. The van der Waals surface area contributed by atoms with Crippen molar-refractivity contribution in [3.8, 4) is 5.75 Å². The molecule has 210 valence electrons. The fourth-order valence-electron chi connectivity index (χ4n) is 4.85. The van der Waals surface area contributed by atoms with Crippen molar-refractivity contribution in [3.63, 3.8) is 0 Å². The smallest absolute Gasteiger partial charge is 0.257 e. The molecular weight excluding hydrogens is 518 g/mol. The molecule has 0 atom stereocenters. The SMILES string of the molecule is COc1cc(C)c(S(=O)(=O)N(C)Cc2cc(C(=O)N(C)Cc3ccc(CN4CC(OC)C4)cc3)co2)c(C)c1. The lowest BCUT2D eigenvalue weighted by Crippen LogP contribution is -2.50. The molecule has 4 rings (SSSR count). The Hall–Kier alpha value is -3.18. The quantitative estimate of drug-likeness (QED) is 0.355. The van der Waals surface area contributed by atoms with Crippen molar-refractivity contribution in [1.29, 1.82) is 0 Å². The Balaban J connectivity index is 1.35. The van der Waals surface area contributed by atoms with Crippen LogP contribution in [0.1, 0.15) is 38.4 Å². The highest BCUT2D eigenvalue weighted by molar-refractivity contribution is 7.89. The molecule has 1 fully saturated rings. The molecule has 1 saturated heterocycles. The molecule has 0 bridgehead atoms. The molecule has 1 aromatic heterocycles. The molecule has 0 N–H and O–H groups in total. The van der Waals surface area contributed by atoms with Crippen LogP contribution in [0.5, 0.6) is 5.75 Å². The largest absolute Gasteiger partial charge is 0.497 e. The van der Waals surface area contributed by atoms with E-state index in [0.29, 0.717) is 40.8 Å². The molecule has 1 aliphatic rings. The lowest BCUT2D eigenvalue weighted by molar-refractivity contribution is -0.0334. The van der Waals surface area contributed by atoms with Gasteiger partial charge in [-0.1, -0.05) is 24.3 Å². The van der Waals surface area contributed by atoms with E-state index in [0.717, 1.165) is 25.2 Å². The average Bonchev–Trinajstić information content (AvgIpc) is 3.34. The maximum absolute atomic E-state index is 13.3. The highest BCUT2D eigenvalue weighted by atomic mass is 32.2. The summed E-state index contributed by atoms with van der Waals surface area (Å²) < 4.78 is 44.0. The summed E-state index contributed by atoms with van der Waals surface area (Å²) in [6, 6.07) is 13.3. The number of carbonyl (C=O) groups excluding carboxylic acids is 1. The number of nitrogens with zero attached hydrogens (tertiary/aromatic N) is 3. The predicted octanol–water partition coefficient (Wildman–Crippen LogP) is 3.83. The van der Waals surface area contributed by atoms with Crippen LogP contribution >= 0.6 is 0 Å². The number of aryl methyl sites for hydroxylation is 2. The van der Waals surface area contributed by atoms with Crippen LogP contribution in [0.15, 0.2) is 58.0 Å². The third-order valence-corrected chi connectivity index (χ3v) is 9.18. The molecule has 1 amide bonds. The Morgan fingerprint density at radius 2 is 1.62 bits per heavy atom. The number of hydrogen-bond acceptors (Lipinski definition) is 7. The maximum atomic E-state index is 13.3. The first-order valence-electron chi connectivity index (χ1n) is 12.8. The number of methoxy groups -OCH3 is 2. The van der Waals surface area contributed by atoms with Crippen molar-refractivity contribution in [2.24, 2.45) is 0 Å². The minimum Gasteiger partial charge on any atom is -0.497 e. The lowest BCUT2D eigenvalue weighted by atomic mass is 10.1. The van der Waals surface area contributed by atoms with E-state index in [1.165, 1.54) is 23.2 Å². The minimum absolute atomic E-state index is 0.00611. The molecule has 0 aliphatic carbocycles. The summed E-state index contributed by atoms with van der Waals surface area (Å²) in [4.78, 5) is 17.2. The predicted molar refractivity (Wildman–Crippen MR) is 148 cm³/mol. The van der Waals surface area contributed by atoms with Gasteiger partial charge < -0.3 is 18.8 Å². The molecule has 0 saturated carbocycles. The van der Waals surface area contributed by atoms with Crippen LogP contribution in [0.3, 0.4) is 0 Å². The second kappa shape index (κ2) is 11.9. The van der Waals surface area contributed by atoms with Crippen molar-refractivity contribution >= 4 is 15.9 Å². The summed E-state index contributed by atoms with van der Waals surface area (Å²) in [5.74, 6) is 0.786. The molecule has 2 aromatic carbocycles. The van der Waals surface area contributed by atoms with E-state index < -0.39 is 10.0 Å². The number of rotatable bonds is 11. The van der Waals surface area contributed by atoms with Gasteiger partial charge in [0.15, 0.2) is 0 Å². The van der Waals surface area contributed by atoms with Crippen LogP contribution in [-0.4, -0.2) is 75.9 Å². The number of carbonyl (C=O) groups is 1. The molecule has 0 unspecified atom stereocenters. The molecule has 0 spiro atoms. The van der Waals surface area contributed by atoms with Crippen molar-refractivity contribution in [2.45, 2.75) is 44.5 Å². The zero-order valence-corrected chi connectivity index (χ0v) is 24.2. The fraction of sp³-hybridized carbons (Fsp3) is 0.414. The van der Waals surface area contributed by atoms with Gasteiger partial charge in [-0.15, -0.1) is 0 Å². The zero-order chi connectivity index (χ0) is 28.3. The summed E-state index contributed by atoms with van der Waals surface area (Å²) in [5.41, 5.74) is 3.82. The van der Waals surface area contributed by atoms with E-state index in [2.05, 4.69) is 17.0 Å². The van der Waals surface area contributed by atoms with Crippen molar-refractivity contribution in [1.82, 2.24) is 14.1 Å². The van der Waals surface area contributed by atoms with Gasteiger partial charge >= 0.3 is 0 Å². The van der Waals surface area contributed by atoms with Gasteiger partial charge in [-0.05, 0) is 54.3 Å². The van der Waals surface area contributed by atoms with E-state index in [9.17, 15) is 13.2 Å². The van der Waals surface area contributed by atoms with E-state index in [1.54, 1.807) is 58.2 Å². The number of likely N-dealkylation sites (tertiary alicyclic amines) is 1. The van der Waals surface area contributed by atoms with Crippen molar-refractivity contribution < 1.29 is 27.1 Å². The molecule has 3 aromatic rings. The van der Waals surface area contributed by atoms with Crippen LogP contribution in [0, 0.1) is 13.8 Å². The lowest BCUT2D eigenvalue weighted by Gasteiger charge is -2.38. The van der Waals surface area contributed by atoms with Gasteiger partial charge in [0, 0.05) is 47.4 Å². The highest BCUT2D eigenvalue weighted by Gasteiger charge is 2.28. The average molecular weight is 556 g/mol. The first-order valence-corrected chi connectivity index (χ1v) is 14.2. The van der Waals surface area contributed by atoms with Gasteiger partial charge in [-0.25, -0.2) is 8.42 Å². The Morgan fingerprint density at radius 3 is 2.21 bits per heavy atom. The van der Waals surface area contributed by atoms with Crippen LogP contribution < -0.4 is 4.74 Å². The molecule has 1 aliphatic heterocycles. The Morgan fingerprint density at radius 1 is 1.00 bits per heavy atom. The summed E-state index contributed by atoms with van der Waals surface area (Å²) in [6.45, 7) is 6.70. The van der Waals surface area contributed by atoms with E-state index in [-0.39, 0.29) is 17.3 Å². The monoisotopic (exact) mass is 555 g/mol. The van der Waals surface area contributed by atoms with Crippen LogP contribution in [0.25, 0.3) is 0 Å². The van der Waals surface area contributed by atoms with E-state index >= 15 is 0 Å². The molecule has 10 heteroatoms. The molecule has 9 nitrogen and oxygen atoms in total. The first-order chi connectivity index (χ1) is 18.5. The van der Waals surface area contributed by atoms with Gasteiger partial charge in [0.2, 0.25) is 10.0 Å². The summed E-state index contributed by atoms with van der Waals surface area (Å²) >= 11 is 0. The van der Waals surface area contributed by atoms with E-state index in [1.807, 2.05) is 12.1 Å². The number of benzene rings is 2. The van der Waals surface area contributed by atoms with E-state index in [4.69, 9.17) is 13.9 Å². The number of hydrogen-bond donors (Lipinski definition) is 0. The van der Waals surface area contributed by atoms with Crippen molar-refractivity contribution in [2.75, 3.05) is 41.4 Å². The van der Waals surface area contributed by atoms with Crippen LogP contribution in [-0.2, 0) is 34.4 Å². The van der Waals surface area contributed by atoms with Crippen LogP contribution in [0.2, 0.25) is 0 Å². The third-order valence-electron chi connectivity index (χ3n) is 7.07. The third kappa shape index (κ3) is 6.52. The fourth-order valence-corrected chi connectivity index (χ4v) is 6.39. The molecule has 2 heterocycles. The maximum Gasteiger partial charge on any atom is 0.257 e. The second-order valence-electron chi connectivity index (χ2n) is 10.2. The van der Waals surface area contributed by atoms with Gasteiger partial charge in [-0.2, -0.15) is 4.31 Å². The summed E-state index contributed by atoms with van der Waals surface area (Å²) in [6.07, 6.45) is 1.71. The van der Waals surface area contributed by atoms with Crippen molar-refractivity contribution in [3.05, 3.63) is 82.3 Å². The first kappa shape index (κ1) is 28.8. The highest BCUT2D eigenvalue weighted by Crippen LogP contribution is 2.28. The number of sulfonamides is 1. The molecular formula is C29H37N3O6S. The summed E-state index contributed by atoms with van der Waals surface area (Å²) in [7, 11) is 2.73. The van der Waals surface area contributed by atoms with Gasteiger partial charge in [0.25, 0.3) is 5.91 Å². The standard InChI is InChI=1S/C29H37N3O6S/c1-20-11-25(36-5)12-21(2)28(20)39(34,35)31(4)16-26-13-24(19-38-26)29(33)30(3)14-22-7-9-23(10-8-22)15-32-17-27(18-32)37-6/h7-13,19,27H,14-18H2,1-6H3. The number of amides is 1. The van der Waals surface area contributed by atoms with Crippen LogP contribution in [0.4, 0.5) is 0 Å². The van der Waals surface area contributed by atoms with Gasteiger partial charge in [0.05, 0.1) is 30.2 Å². The normalized spacial score (nSPS) is 14.4. The Labute approximate surface area is 231 Å². The van der Waals surface area contributed by atoms with Gasteiger partial charge in [-0.3, -0.25) is 9.69 Å². The molecule has 0 radical (unpaired) electrons. The number of furan rings is 1. The second-order valence-corrected chi connectivity index (χ2v) is 12.2. The number of ether oxygens (including phenoxy) is 2. The topological polar surface area (TPSA) is 92.5 Å². The summed E-state index contributed by atoms with van der Waals surface area (Å²) in [5, 5.41) is 0. The molecule has 39 heavy (non-hydrogen) atoms. The van der Waals surface area contributed by atoms with Gasteiger partial charge in [0.1, 0.15) is 17.8 Å². The Kier molecular flexibility index (Phi) is 8.80. The zero-order valence-electron chi connectivity index (χ0n) is 23.4.